The van der Waals surface area contributed by atoms with Crippen molar-refractivity contribution in [2.75, 3.05) is 6.54 Å². The minimum atomic E-state index is -5.08. The molecule has 5 nitrogen and oxygen atoms in total. The third kappa shape index (κ3) is 5.86. The zero-order valence-corrected chi connectivity index (χ0v) is 6.65. The number of carboxylic acid groups (broad SMARTS) is 1. The fourth-order valence-electron chi connectivity index (χ4n) is 0.335. The predicted octanol–water partition coefficient (Wildman–Crippen LogP) is 0.302. The molecule has 0 aromatic rings. The van der Waals surface area contributed by atoms with E-state index in [-0.39, 0.29) is 12.5 Å². The Hall–Kier alpha value is -1.73. The molecule has 1 N–H and O–H groups in total. The molecule has 0 fully saturated rings. The van der Waals surface area contributed by atoms with E-state index in [4.69, 9.17) is 9.90 Å². The number of aliphatic imine (C=N–C) groups is 2. The van der Waals surface area contributed by atoms with Gasteiger partial charge in [0.15, 0.2) is 0 Å². The Bertz CT molecular complexity index is 283. The molecular formula is C6H5F3N2O3. The minimum Gasteiger partial charge on any atom is -0.475 e. The quantitative estimate of drug-likeness (QED) is 0.624. The molecular weight excluding hydrogens is 205 g/mol. The van der Waals surface area contributed by atoms with Gasteiger partial charge >= 0.3 is 12.1 Å². The summed E-state index contributed by atoms with van der Waals surface area (Å²) in [7, 11) is 0. The van der Waals surface area contributed by atoms with Crippen molar-refractivity contribution in [3.8, 4) is 0 Å². The average Bonchev–Trinajstić information content (AvgIpc) is 2.04. The van der Waals surface area contributed by atoms with Crippen LogP contribution in [0.25, 0.3) is 0 Å². The molecule has 0 radical (unpaired) electrons. The van der Waals surface area contributed by atoms with Crippen LogP contribution in [0, 0.1) is 0 Å². The third-order valence-corrected chi connectivity index (χ3v) is 0.860. The summed E-state index contributed by atoms with van der Waals surface area (Å²) in [5, 5.41) is 7.12. The van der Waals surface area contributed by atoms with Crippen molar-refractivity contribution in [1.29, 1.82) is 0 Å². The van der Waals surface area contributed by atoms with Crippen molar-refractivity contribution in [3.05, 3.63) is 0 Å². The van der Waals surface area contributed by atoms with Gasteiger partial charge in [-0.15, -0.1) is 0 Å². The predicted molar refractivity (Wildman–Crippen MR) is 40.5 cm³/mol. The van der Waals surface area contributed by atoms with Crippen LogP contribution in [0.2, 0.25) is 0 Å². The average molecular weight is 210 g/mol. The Morgan fingerprint density at radius 2 is 1.93 bits per heavy atom. The van der Waals surface area contributed by atoms with E-state index in [9.17, 15) is 18.0 Å². The second-order valence-electron chi connectivity index (χ2n) is 1.96. The molecule has 8 heteroatoms. The summed E-state index contributed by atoms with van der Waals surface area (Å²) >= 11 is 0. The lowest BCUT2D eigenvalue weighted by atomic mass is 10.5. The zero-order chi connectivity index (χ0) is 11.2. The van der Waals surface area contributed by atoms with Crippen molar-refractivity contribution in [2.45, 2.75) is 6.18 Å². The standard InChI is InChI=1S/C4H4N2O.C2HF3O2/c7-4-3-5-1-2-6-4;3-2(4,5)1(6)7/h1-2H,3H2;(H,6,7). The Balaban J connectivity index is 0.000000241. The zero-order valence-electron chi connectivity index (χ0n) is 6.65. The molecule has 1 heterocycles. The van der Waals surface area contributed by atoms with E-state index in [2.05, 4.69) is 9.98 Å². The molecule has 1 aliphatic heterocycles. The number of halogens is 3. The summed E-state index contributed by atoms with van der Waals surface area (Å²) in [6, 6.07) is 0. The molecule has 14 heavy (non-hydrogen) atoms. The smallest absolute Gasteiger partial charge is 0.475 e. The van der Waals surface area contributed by atoms with Gasteiger partial charge in [0.25, 0.3) is 5.91 Å². The summed E-state index contributed by atoms with van der Waals surface area (Å²) in [5.41, 5.74) is 0. The van der Waals surface area contributed by atoms with Crippen LogP contribution in [0.15, 0.2) is 9.98 Å². The number of nitrogens with zero attached hydrogens (tertiary/aromatic N) is 2. The van der Waals surface area contributed by atoms with E-state index >= 15 is 0 Å². The number of carbonyl (C=O) groups is 2. The molecule has 78 valence electrons. The lowest BCUT2D eigenvalue weighted by molar-refractivity contribution is -0.192. The second kappa shape index (κ2) is 5.10. The molecule has 0 bridgehead atoms. The first-order chi connectivity index (χ1) is 6.34. The highest BCUT2D eigenvalue weighted by Crippen LogP contribution is 2.13. The van der Waals surface area contributed by atoms with Crippen molar-refractivity contribution in [3.63, 3.8) is 0 Å². The van der Waals surface area contributed by atoms with Gasteiger partial charge in [0.2, 0.25) is 0 Å². The Morgan fingerprint density at radius 3 is 2.07 bits per heavy atom. The first kappa shape index (κ1) is 12.3. The van der Waals surface area contributed by atoms with Crippen LogP contribution in [0.3, 0.4) is 0 Å². The number of rotatable bonds is 0. The number of hydrogen-bond donors (Lipinski definition) is 1. The number of carbonyl (C=O) groups excluding carboxylic acids is 1. The molecule has 0 unspecified atom stereocenters. The van der Waals surface area contributed by atoms with E-state index < -0.39 is 12.1 Å². The molecule has 0 saturated heterocycles. The largest absolute Gasteiger partial charge is 0.490 e. The Labute approximate surface area is 76.0 Å². The van der Waals surface area contributed by atoms with Gasteiger partial charge < -0.3 is 5.11 Å². The van der Waals surface area contributed by atoms with Gasteiger partial charge in [-0.05, 0) is 0 Å². The van der Waals surface area contributed by atoms with Gasteiger partial charge in [0.1, 0.15) is 6.54 Å². The van der Waals surface area contributed by atoms with Crippen LogP contribution in [0.1, 0.15) is 0 Å². The highest BCUT2D eigenvalue weighted by molar-refractivity contribution is 6.20. The normalized spacial score (nSPS) is 14.6. The summed E-state index contributed by atoms with van der Waals surface area (Å²) in [4.78, 5) is 26.1. The van der Waals surface area contributed by atoms with Crippen molar-refractivity contribution in [1.82, 2.24) is 0 Å². The van der Waals surface area contributed by atoms with Crippen LogP contribution in [-0.4, -0.2) is 42.1 Å². The lowest BCUT2D eigenvalue weighted by Crippen LogP contribution is -2.21. The van der Waals surface area contributed by atoms with Crippen LogP contribution in [-0.2, 0) is 9.59 Å². The molecule has 1 amide bonds. The summed E-state index contributed by atoms with van der Waals surface area (Å²) < 4.78 is 31.7. The van der Waals surface area contributed by atoms with E-state index in [1.54, 1.807) is 0 Å². The Kier molecular flexibility index (Phi) is 4.47. The first-order valence-electron chi connectivity index (χ1n) is 3.19. The van der Waals surface area contributed by atoms with Crippen LogP contribution in [0.4, 0.5) is 13.2 Å². The Morgan fingerprint density at radius 1 is 1.43 bits per heavy atom. The van der Waals surface area contributed by atoms with Crippen LogP contribution >= 0.6 is 0 Å². The van der Waals surface area contributed by atoms with E-state index in [0.717, 1.165) is 0 Å². The van der Waals surface area contributed by atoms with E-state index in [1.807, 2.05) is 0 Å². The molecule has 1 aliphatic rings. The minimum absolute atomic E-state index is 0.164. The fourth-order valence-corrected chi connectivity index (χ4v) is 0.335. The third-order valence-electron chi connectivity index (χ3n) is 0.860. The van der Waals surface area contributed by atoms with Gasteiger partial charge in [-0.25, -0.2) is 9.79 Å². The second-order valence-corrected chi connectivity index (χ2v) is 1.96. The molecule has 0 saturated carbocycles. The monoisotopic (exact) mass is 210 g/mol. The highest BCUT2D eigenvalue weighted by atomic mass is 19.4. The van der Waals surface area contributed by atoms with Gasteiger partial charge in [-0.3, -0.25) is 9.79 Å². The van der Waals surface area contributed by atoms with Crippen LogP contribution < -0.4 is 0 Å². The van der Waals surface area contributed by atoms with Crippen LogP contribution in [0.5, 0.6) is 0 Å². The summed E-state index contributed by atoms with van der Waals surface area (Å²) in [6.07, 6.45) is -2.17. The number of alkyl halides is 3. The maximum Gasteiger partial charge on any atom is 0.490 e. The maximum absolute atomic E-state index is 10.6. The summed E-state index contributed by atoms with van der Waals surface area (Å²) in [5.74, 6) is -2.92. The van der Waals surface area contributed by atoms with Crippen molar-refractivity contribution >= 4 is 24.3 Å². The van der Waals surface area contributed by atoms with E-state index in [1.165, 1.54) is 12.4 Å². The molecule has 0 aromatic heterocycles. The maximum atomic E-state index is 10.6. The molecule has 1 rings (SSSR count). The van der Waals surface area contributed by atoms with Gasteiger partial charge in [0, 0.05) is 12.4 Å². The van der Waals surface area contributed by atoms with Crippen molar-refractivity contribution < 1.29 is 27.9 Å². The summed E-state index contributed by atoms with van der Waals surface area (Å²) in [6.45, 7) is 0.219. The fraction of sp³-hybridized carbons (Fsp3) is 0.333. The van der Waals surface area contributed by atoms with E-state index in [0.29, 0.717) is 0 Å². The topological polar surface area (TPSA) is 79.1 Å². The SMILES string of the molecule is O=C(O)C(F)(F)F.O=C1CN=CC=N1. The number of aliphatic carboxylic acids is 1. The van der Waals surface area contributed by atoms with Gasteiger partial charge in [-0.1, -0.05) is 0 Å². The molecule has 0 aliphatic carbocycles. The highest BCUT2D eigenvalue weighted by Gasteiger charge is 2.38. The number of carboxylic acids is 1. The molecule has 0 atom stereocenters. The number of hydrogen-bond acceptors (Lipinski definition) is 3. The van der Waals surface area contributed by atoms with Gasteiger partial charge in [-0.2, -0.15) is 13.2 Å². The molecule has 0 spiro atoms. The first-order valence-corrected chi connectivity index (χ1v) is 3.19. The molecule has 0 aromatic carbocycles. The lowest BCUT2D eigenvalue weighted by Gasteiger charge is -1.93. The number of amides is 1. The van der Waals surface area contributed by atoms with Gasteiger partial charge in [0.05, 0.1) is 0 Å². The van der Waals surface area contributed by atoms with Crippen molar-refractivity contribution in [2.24, 2.45) is 9.98 Å².